The highest BCUT2D eigenvalue weighted by Crippen LogP contribution is 2.37. The van der Waals surface area contributed by atoms with Crippen LogP contribution in [0.2, 0.25) is 0 Å². The fourth-order valence-corrected chi connectivity index (χ4v) is 3.66. The van der Waals surface area contributed by atoms with E-state index in [-0.39, 0.29) is 0 Å². The third-order valence-electron chi connectivity index (χ3n) is 4.79. The van der Waals surface area contributed by atoms with Crippen molar-refractivity contribution in [2.75, 3.05) is 5.73 Å². The van der Waals surface area contributed by atoms with E-state index in [2.05, 4.69) is 25.1 Å². The average Bonchev–Trinajstić information content (AvgIpc) is 2.48. The maximum Gasteiger partial charge on any atom is 0.0352 e. The zero-order valence-electron chi connectivity index (χ0n) is 13.2. The van der Waals surface area contributed by atoms with Gasteiger partial charge < -0.3 is 5.73 Å². The summed E-state index contributed by atoms with van der Waals surface area (Å²) in [6.45, 7) is 2.28. The Morgan fingerprint density at radius 2 is 1.75 bits per heavy atom. The van der Waals surface area contributed by atoms with Crippen LogP contribution in [0.4, 0.5) is 5.69 Å². The van der Waals surface area contributed by atoms with E-state index >= 15 is 0 Å². The van der Waals surface area contributed by atoms with Crippen molar-refractivity contribution in [2.24, 2.45) is 0 Å². The Balaban J connectivity index is 1.98. The number of unbranched alkanes of at least 4 members (excludes halogenated alkanes) is 4. The Hall–Kier alpha value is -0.980. The van der Waals surface area contributed by atoms with E-state index in [1.165, 1.54) is 81.8 Å². The molecule has 1 fully saturated rings. The summed E-state index contributed by atoms with van der Waals surface area (Å²) in [5.41, 5.74) is 10.4. The van der Waals surface area contributed by atoms with Gasteiger partial charge in [-0.05, 0) is 48.8 Å². The number of anilines is 1. The molecule has 1 aromatic carbocycles. The van der Waals surface area contributed by atoms with E-state index in [0.29, 0.717) is 0 Å². The lowest BCUT2D eigenvalue weighted by molar-refractivity contribution is 0.442. The zero-order valence-corrected chi connectivity index (χ0v) is 13.2. The highest BCUT2D eigenvalue weighted by Gasteiger charge is 2.20. The molecule has 0 aliphatic heterocycles. The molecule has 2 N–H and O–H groups in total. The average molecular weight is 273 g/mol. The van der Waals surface area contributed by atoms with Crippen LogP contribution in [0, 0.1) is 0 Å². The molecule has 0 aromatic heterocycles. The van der Waals surface area contributed by atoms with Crippen LogP contribution in [0.15, 0.2) is 18.2 Å². The molecule has 20 heavy (non-hydrogen) atoms. The van der Waals surface area contributed by atoms with Crippen LogP contribution in [0.3, 0.4) is 0 Å². The highest BCUT2D eigenvalue weighted by molar-refractivity contribution is 5.53. The van der Waals surface area contributed by atoms with Gasteiger partial charge in [0.15, 0.2) is 0 Å². The normalized spacial score (nSPS) is 16.4. The summed E-state index contributed by atoms with van der Waals surface area (Å²) in [5.74, 6) is 0.732. The van der Waals surface area contributed by atoms with Crippen molar-refractivity contribution >= 4 is 5.69 Å². The number of hydrogen-bond donors (Lipinski definition) is 1. The first kappa shape index (κ1) is 15.4. The minimum atomic E-state index is 0.732. The van der Waals surface area contributed by atoms with Gasteiger partial charge in [0.2, 0.25) is 0 Å². The molecule has 1 heteroatoms. The third-order valence-corrected chi connectivity index (χ3v) is 4.79. The first-order valence-corrected chi connectivity index (χ1v) is 8.70. The first-order chi connectivity index (χ1) is 9.83. The summed E-state index contributed by atoms with van der Waals surface area (Å²) >= 11 is 0. The number of nitrogens with two attached hydrogens (primary N) is 1. The Morgan fingerprint density at radius 3 is 2.50 bits per heavy atom. The van der Waals surface area contributed by atoms with E-state index in [1.54, 1.807) is 0 Å². The van der Waals surface area contributed by atoms with Crippen molar-refractivity contribution in [1.29, 1.82) is 0 Å². The van der Waals surface area contributed by atoms with E-state index in [1.807, 2.05) is 0 Å². The fourth-order valence-electron chi connectivity index (χ4n) is 3.66. The van der Waals surface area contributed by atoms with Crippen molar-refractivity contribution in [3.63, 3.8) is 0 Å². The van der Waals surface area contributed by atoms with Crippen LogP contribution in [-0.4, -0.2) is 0 Å². The van der Waals surface area contributed by atoms with Gasteiger partial charge in [-0.25, -0.2) is 0 Å². The molecule has 1 saturated carbocycles. The Kier molecular flexibility index (Phi) is 6.42. The van der Waals surface area contributed by atoms with Gasteiger partial charge in [0.05, 0.1) is 0 Å². The van der Waals surface area contributed by atoms with Gasteiger partial charge >= 0.3 is 0 Å². The standard InChI is InChI=1S/C19H31N/c1-2-3-4-5-7-11-17-14-10-15-18(20)19(17)16-12-8-6-9-13-16/h10,14-16H,2-9,11-13,20H2,1H3. The second-order valence-electron chi connectivity index (χ2n) is 6.42. The van der Waals surface area contributed by atoms with Crippen LogP contribution in [0.1, 0.15) is 88.2 Å². The van der Waals surface area contributed by atoms with E-state index in [4.69, 9.17) is 5.73 Å². The molecule has 112 valence electrons. The van der Waals surface area contributed by atoms with Gasteiger partial charge in [0, 0.05) is 5.69 Å². The quantitative estimate of drug-likeness (QED) is 0.491. The first-order valence-electron chi connectivity index (χ1n) is 8.70. The minimum absolute atomic E-state index is 0.732. The summed E-state index contributed by atoms with van der Waals surface area (Å²) in [7, 11) is 0. The van der Waals surface area contributed by atoms with Gasteiger partial charge in [0.1, 0.15) is 0 Å². The van der Waals surface area contributed by atoms with E-state index in [9.17, 15) is 0 Å². The Labute approximate surface area is 125 Å². The number of rotatable bonds is 7. The van der Waals surface area contributed by atoms with Gasteiger partial charge in [-0.3, -0.25) is 0 Å². The molecule has 1 aliphatic rings. The molecule has 1 nitrogen and oxygen atoms in total. The molecular weight excluding hydrogens is 242 g/mol. The van der Waals surface area contributed by atoms with Gasteiger partial charge in [0.25, 0.3) is 0 Å². The Bertz CT molecular complexity index is 391. The lowest BCUT2D eigenvalue weighted by Crippen LogP contribution is -2.10. The topological polar surface area (TPSA) is 26.0 Å². The summed E-state index contributed by atoms with van der Waals surface area (Å²) in [5, 5.41) is 0. The number of nitrogen functional groups attached to an aromatic ring is 1. The number of benzene rings is 1. The lowest BCUT2D eigenvalue weighted by atomic mass is 9.80. The van der Waals surface area contributed by atoms with Gasteiger partial charge in [-0.15, -0.1) is 0 Å². The fraction of sp³-hybridized carbons (Fsp3) is 0.684. The molecule has 0 heterocycles. The molecule has 0 saturated heterocycles. The summed E-state index contributed by atoms with van der Waals surface area (Å²) in [4.78, 5) is 0. The lowest BCUT2D eigenvalue weighted by Gasteiger charge is -2.26. The van der Waals surface area contributed by atoms with Crippen molar-refractivity contribution in [3.05, 3.63) is 29.3 Å². The maximum atomic E-state index is 6.30. The molecule has 1 aliphatic carbocycles. The molecule has 0 unspecified atom stereocenters. The van der Waals surface area contributed by atoms with Crippen LogP contribution < -0.4 is 5.73 Å². The predicted octanol–water partition coefficient (Wildman–Crippen LogP) is 5.83. The van der Waals surface area contributed by atoms with Crippen molar-refractivity contribution in [1.82, 2.24) is 0 Å². The third kappa shape index (κ3) is 4.26. The van der Waals surface area contributed by atoms with Gasteiger partial charge in [-0.1, -0.05) is 64.0 Å². The van der Waals surface area contributed by atoms with Crippen molar-refractivity contribution < 1.29 is 0 Å². The smallest absolute Gasteiger partial charge is 0.0352 e. The monoisotopic (exact) mass is 273 g/mol. The molecule has 0 radical (unpaired) electrons. The van der Waals surface area contributed by atoms with E-state index < -0.39 is 0 Å². The molecule has 2 rings (SSSR count). The summed E-state index contributed by atoms with van der Waals surface area (Å²) in [6.07, 6.45) is 14.9. The second-order valence-corrected chi connectivity index (χ2v) is 6.42. The SMILES string of the molecule is CCCCCCCc1cccc(N)c1C1CCCCC1. The van der Waals surface area contributed by atoms with Crippen LogP contribution >= 0.6 is 0 Å². The summed E-state index contributed by atoms with van der Waals surface area (Å²) in [6, 6.07) is 6.56. The van der Waals surface area contributed by atoms with Crippen molar-refractivity contribution in [3.8, 4) is 0 Å². The van der Waals surface area contributed by atoms with E-state index in [0.717, 1.165) is 11.6 Å². The largest absolute Gasteiger partial charge is 0.398 e. The highest BCUT2D eigenvalue weighted by atomic mass is 14.6. The van der Waals surface area contributed by atoms with Gasteiger partial charge in [-0.2, -0.15) is 0 Å². The molecule has 1 aromatic rings. The molecule has 0 bridgehead atoms. The molecule has 0 atom stereocenters. The number of hydrogen-bond acceptors (Lipinski definition) is 1. The Morgan fingerprint density at radius 1 is 1.00 bits per heavy atom. The second kappa shape index (κ2) is 8.34. The molecular formula is C19H31N. The van der Waals surface area contributed by atoms with Crippen LogP contribution in [-0.2, 0) is 6.42 Å². The zero-order chi connectivity index (χ0) is 14.2. The van der Waals surface area contributed by atoms with Crippen LogP contribution in [0.25, 0.3) is 0 Å². The predicted molar refractivity (Wildman–Crippen MR) is 89.1 cm³/mol. The molecule has 0 amide bonds. The maximum absolute atomic E-state index is 6.30. The van der Waals surface area contributed by atoms with Crippen LogP contribution in [0.5, 0.6) is 0 Å². The number of aryl methyl sites for hydroxylation is 1. The van der Waals surface area contributed by atoms with Crippen molar-refractivity contribution in [2.45, 2.75) is 83.5 Å². The minimum Gasteiger partial charge on any atom is -0.398 e. The molecule has 0 spiro atoms. The summed E-state index contributed by atoms with van der Waals surface area (Å²) < 4.78 is 0.